The maximum atomic E-state index is 13.0. The highest BCUT2D eigenvalue weighted by Crippen LogP contribution is 2.18. The lowest BCUT2D eigenvalue weighted by Crippen LogP contribution is -2.53. The molecule has 1 rings (SSSR count). The molecule has 182 valence electrons. The van der Waals surface area contributed by atoms with Crippen LogP contribution in [0.4, 0.5) is 4.79 Å². The van der Waals surface area contributed by atoms with Crippen LogP contribution in [-0.4, -0.2) is 77.6 Å². The minimum Gasteiger partial charge on any atom is -0.480 e. The zero-order chi connectivity index (χ0) is 24.3. The fraction of sp³-hybridized carbons (Fsp3) is 0.762. The molecule has 4 amide bonds. The van der Waals surface area contributed by atoms with Gasteiger partial charge in [0.1, 0.15) is 18.2 Å². The summed E-state index contributed by atoms with van der Waals surface area (Å²) in [5.41, 5.74) is -0.580. The molecule has 1 aliphatic rings. The van der Waals surface area contributed by atoms with Gasteiger partial charge in [-0.1, -0.05) is 0 Å². The third-order valence-corrected chi connectivity index (χ3v) is 4.78. The number of piperidine rings is 1. The Morgan fingerprint density at radius 3 is 2.41 bits per heavy atom. The van der Waals surface area contributed by atoms with Crippen molar-refractivity contribution in [3.8, 4) is 0 Å². The number of carboxylic acids is 1. The third kappa shape index (κ3) is 11.0. The van der Waals surface area contributed by atoms with Crippen molar-refractivity contribution in [2.24, 2.45) is 5.92 Å². The van der Waals surface area contributed by atoms with Gasteiger partial charge in [-0.25, -0.2) is 4.79 Å². The van der Waals surface area contributed by atoms with Crippen molar-refractivity contribution in [3.63, 3.8) is 0 Å². The molecule has 0 aromatic rings. The van der Waals surface area contributed by atoms with Gasteiger partial charge in [-0.3, -0.25) is 19.2 Å². The molecular weight excluding hydrogens is 420 g/mol. The van der Waals surface area contributed by atoms with Gasteiger partial charge in [0.15, 0.2) is 0 Å². The number of alkyl carbamates (subject to hydrolysis) is 1. The van der Waals surface area contributed by atoms with Gasteiger partial charge in [0, 0.05) is 26.6 Å². The number of nitrogens with one attached hydrogen (secondary N) is 3. The highest BCUT2D eigenvalue weighted by atomic mass is 16.6. The summed E-state index contributed by atoms with van der Waals surface area (Å²) in [6.45, 7) is 7.23. The lowest BCUT2D eigenvalue weighted by atomic mass is 9.96. The van der Waals surface area contributed by atoms with E-state index in [-0.39, 0.29) is 18.4 Å². The van der Waals surface area contributed by atoms with E-state index in [1.807, 2.05) is 0 Å². The minimum absolute atomic E-state index is 0.181. The summed E-state index contributed by atoms with van der Waals surface area (Å²) in [6, 6.07) is -0.727. The van der Waals surface area contributed by atoms with Gasteiger partial charge in [-0.15, -0.1) is 0 Å². The number of carbonyl (C=O) groups is 5. The molecule has 0 saturated carbocycles. The maximum absolute atomic E-state index is 13.0. The average molecular weight is 457 g/mol. The zero-order valence-electron chi connectivity index (χ0n) is 19.4. The van der Waals surface area contributed by atoms with Crippen molar-refractivity contribution in [1.82, 2.24) is 20.9 Å². The number of amides is 4. The van der Waals surface area contributed by atoms with Crippen molar-refractivity contribution in [2.75, 3.05) is 26.2 Å². The van der Waals surface area contributed by atoms with Crippen molar-refractivity contribution in [2.45, 2.75) is 71.4 Å². The van der Waals surface area contributed by atoms with Gasteiger partial charge in [0.05, 0.1) is 5.92 Å². The molecule has 2 atom stereocenters. The molecule has 0 spiro atoms. The van der Waals surface area contributed by atoms with E-state index in [4.69, 9.17) is 9.84 Å². The summed E-state index contributed by atoms with van der Waals surface area (Å²) in [5.74, 6) is -2.61. The fourth-order valence-electron chi connectivity index (χ4n) is 3.40. The lowest BCUT2D eigenvalue weighted by molar-refractivity contribution is -0.141. The van der Waals surface area contributed by atoms with Crippen LogP contribution in [0.1, 0.15) is 59.8 Å². The topological polar surface area (TPSA) is 154 Å². The summed E-state index contributed by atoms with van der Waals surface area (Å²) in [6.07, 6.45) is 2.25. The number of likely N-dealkylation sites (tertiary alicyclic amines) is 1. The second-order valence-electron chi connectivity index (χ2n) is 8.91. The molecule has 0 bridgehead atoms. The Morgan fingerprint density at radius 1 is 1.12 bits per heavy atom. The maximum Gasteiger partial charge on any atom is 0.407 e. The fourth-order valence-corrected chi connectivity index (χ4v) is 3.40. The second-order valence-corrected chi connectivity index (χ2v) is 8.91. The monoisotopic (exact) mass is 456 g/mol. The number of carbonyl (C=O) groups excluding carboxylic acids is 4. The third-order valence-electron chi connectivity index (χ3n) is 4.78. The smallest absolute Gasteiger partial charge is 0.407 e. The predicted molar refractivity (Wildman–Crippen MR) is 116 cm³/mol. The Kier molecular flexibility index (Phi) is 10.9. The number of ether oxygens (including phenoxy) is 1. The van der Waals surface area contributed by atoms with Gasteiger partial charge >= 0.3 is 12.1 Å². The highest BCUT2D eigenvalue weighted by Gasteiger charge is 2.32. The van der Waals surface area contributed by atoms with Crippen LogP contribution < -0.4 is 16.0 Å². The van der Waals surface area contributed by atoms with E-state index in [1.54, 1.807) is 25.7 Å². The summed E-state index contributed by atoms with van der Waals surface area (Å²) < 4.78 is 5.16. The molecule has 32 heavy (non-hydrogen) atoms. The van der Waals surface area contributed by atoms with E-state index in [0.29, 0.717) is 45.2 Å². The molecular formula is C21H36N4O7. The van der Waals surface area contributed by atoms with E-state index in [2.05, 4.69) is 16.0 Å². The van der Waals surface area contributed by atoms with Gasteiger partial charge < -0.3 is 30.7 Å². The summed E-state index contributed by atoms with van der Waals surface area (Å²) >= 11 is 0. The molecule has 1 aliphatic heterocycles. The number of rotatable bonds is 10. The first-order valence-electron chi connectivity index (χ1n) is 10.9. The van der Waals surface area contributed by atoms with E-state index in [0.717, 1.165) is 0 Å². The molecule has 11 nitrogen and oxygen atoms in total. The molecule has 4 N–H and O–H groups in total. The van der Waals surface area contributed by atoms with E-state index < -0.39 is 42.1 Å². The number of unbranched alkanes of at least 4 members (excludes halogenated alkanes) is 1. The van der Waals surface area contributed by atoms with Crippen LogP contribution in [0.15, 0.2) is 0 Å². The number of aliphatic carboxylic acids is 1. The van der Waals surface area contributed by atoms with Gasteiger partial charge in [0.2, 0.25) is 17.7 Å². The first-order valence-corrected chi connectivity index (χ1v) is 10.9. The number of carboxylic acid groups (broad SMARTS) is 1. The minimum atomic E-state index is -1.13. The van der Waals surface area contributed by atoms with Gasteiger partial charge in [-0.05, 0) is 52.9 Å². The molecule has 1 saturated heterocycles. The molecule has 0 aromatic heterocycles. The van der Waals surface area contributed by atoms with Gasteiger partial charge in [-0.2, -0.15) is 0 Å². The van der Waals surface area contributed by atoms with E-state index in [9.17, 15) is 24.0 Å². The number of nitrogens with zero attached hydrogens (tertiary/aromatic N) is 1. The first kappa shape index (κ1) is 27.2. The summed E-state index contributed by atoms with van der Waals surface area (Å²) in [7, 11) is 0. The summed E-state index contributed by atoms with van der Waals surface area (Å²) in [4.78, 5) is 60.6. The Morgan fingerprint density at radius 2 is 1.81 bits per heavy atom. The first-order chi connectivity index (χ1) is 14.9. The van der Waals surface area contributed by atoms with Gasteiger partial charge in [0.25, 0.3) is 0 Å². The standard InChI is InChI=1S/C21H36N4O7/c1-14(26)24-16(9-5-6-10-22-20(31)32-21(2,3)4)19(30)25-11-7-8-15(13-25)18(29)23-12-17(27)28/h15-16H,5-13H2,1-4H3,(H,22,31)(H,23,29)(H,24,26)(H,27,28)/t15?,16-/m0/s1. The zero-order valence-corrected chi connectivity index (χ0v) is 19.4. The normalized spacial score (nSPS) is 17.1. The van der Waals surface area contributed by atoms with Crippen LogP contribution in [0, 0.1) is 5.92 Å². The number of hydrogen-bond donors (Lipinski definition) is 4. The van der Waals surface area contributed by atoms with E-state index in [1.165, 1.54) is 6.92 Å². The molecule has 1 fully saturated rings. The van der Waals surface area contributed by atoms with Crippen LogP contribution in [0.3, 0.4) is 0 Å². The SMILES string of the molecule is CC(=O)N[C@@H](CCCCNC(=O)OC(C)(C)C)C(=O)N1CCCC(C(=O)NCC(=O)O)C1. The number of hydrogen-bond acceptors (Lipinski definition) is 6. The molecule has 11 heteroatoms. The quantitative estimate of drug-likeness (QED) is 0.351. The van der Waals surface area contributed by atoms with Crippen LogP contribution in [-0.2, 0) is 23.9 Å². The Hall–Kier alpha value is -2.85. The molecule has 0 aliphatic carbocycles. The largest absolute Gasteiger partial charge is 0.480 e. The Bertz CT molecular complexity index is 690. The molecule has 0 aromatic carbocycles. The Labute approximate surface area is 188 Å². The van der Waals surface area contributed by atoms with Crippen LogP contribution in [0.5, 0.6) is 0 Å². The molecule has 0 radical (unpaired) electrons. The van der Waals surface area contributed by atoms with Crippen molar-refractivity contribution in [1.29, 1.82) is 0 Å². The predicted octanol–water partition coefficient (Wildman–Crippen LogP) is 0.626. The lowest BCUT2D eigenvalue weighted by Gasteiger charge is -2.34. The molecule has 1 heterocycles. The van der Waals surface area contributed by atoms with Crippen molar-refractivity contribution in [3.05, 3.63) is 0 Å². The van der Waals surface area contributed by atoms with Crippen molar-refractivity contribution >= 4 is 29.8 Å². The average Bonchev–Trinajstić information content (AvgIpc) is 2.68. The summed E-state index contributed by atoms with van der Waals surface area (Å²) in [5, 5.41) is 16.4. The van der Waals surface area contributed by atoms with Crippen LogP contribution >= 0.6 is 0 Å². The second kappa shape index (κ2) is 12.9. The van der Waals surface area contributed by atoms with Crippen LogP contribution in [0.25, 0.3) is 0 Å². The van der Waals surface area contributed by atoms with Crippen molar-refractivity contribution < 1.29 is 33.8 Å². The van der Waals surface area contributed by atoms with Crippen LogP contribution in [0.2, 0.25) is 0 Å². The van der Waals surface area contributed by atoms with E-state index >= 15 is 0 Å². The Balaban J connectivity index is 2.54. The molecule has 1 unspecified atom stereocenters. The highest BCUT2D eigenvalue weighted by molar-refractivity contribution is 5.88.